The summed E-state index contributed by atoms with van der Waals surface area (Å²) < 4.78 is 1.90. The fourth-order valence-corrected chi connectivity index (χ4v) is 1.84. The van der Waals surface area contributed by atoms with E-state index in [0.717, 1.165) is 18.8 Å². The van der Waals surface area contributed by atoms with Crippen LogP contribution in [0.5, 0.6) is 0 Å². The highest BCUT2D eigenvalue weighted by molar-refractivity contribution is 5.30. The van der Waals surface area contributed by atoms with Crippen LogP contribution >= 0.6 is 0 Å². The molecular formula is C14H20N4. The van der Waals surface area contributed by atoms with E-state index in [2.05, 4.69) is 28.9 Å². The Bertz CT molecular complexity index is 464. The molecule has 0 radical (unpaired) electrons. The van der Waals surface area contributed by atoms with E-state index >= 15 is 0 Å². The second-order valence-corrected chi connectivity index (χ2v) is 4.47. The SMILES string of the molecule is CNCC(C)NCc1cnn(-c2ccccc2)c1. The van der Waals surface area contributed by atoms with E-state index in [1.807, 2.05) is 48.3 Å². The molecule has 1 heterocycles. The monoisotopic (exact) mass is 244 g/mol. The molecule has 2 aromatic rings. The van der Waals surface area contributed by atoms with Crippen LogP contribution in [0.25, 0.3) is 5.69 Å². The molecule has 4 heteroatoms. The van der Waals surface area contributed by atoms with Crippen LogP contribution in [0, 0.1) is 0 Å². The van der Waals surface area contributed by atoms with Gasteiger partial charge >= 0.3 is 0 Å². The molecule has 0 saturated heterocycles. The van der Waals surface area contributed by atoms with Gasteiger partial charge in [0.15, 0.2) is 0 Å². The molecule has 0 aliphatic carbocycles. The normalized spacial score (nSPS) is 12.6. The van der Waals surface area contributed by atoms with Crippen LogP contribution in [0.4, 0.5) is 0 Å². The summed E-state index contributed by atoms with van der Waals surface area (Å²) in [4.78, 5) is 0. The van der Waals surface area contributed by atoms with E-state index in [1.54, 1.807) is 0 Å². The summed E-state index contributed by atoms with van der Waals surface area (Å²) in [5, 5.41) is 11.0. The summed E-state index contributed by atoms with van der Waals surface area (Å²) in [5.41, 5.74) is 2.29. The molecular weight excluding hydrogens is 224 g/mol. The summed E-state index contributed by atoms with van der Waals surface area (Å²) in [6.07, 6.45) is 3.97. The molecule has 0 amide bonds. The number of para-hydroxylation sites is 1. The van der Waals surface area contributed by atoms with Crippen LogP contribution in [-0.4, -0.2) is 29.4 Å². The van der Waals surface area contributed by atoms with Crippen molar-refractivity contribution in [3.05, 3.63) is 48.3 Å². The maximum absolute atomic E-state index is 4.37. The number of nitrogens with one attached hydrogen (secondary N) is 2. The lowest BCUT2D eigenvalue weighted by molar-refractivity contribution is 0.523. The zero-order valence-corrected chi connectivity index (χ0v) is 10.9. The molecule has 2 N–H and O–H groups in total. The van der Waals surface area contributed by atoms with E-state index in [4.69, 9.17) is 0 Å². The van der Waals surface area contributed by atoms with Gasteiger partial charge in [-0.2, -0.15) is 5.10 Å². The van der Waals surface area contributed by atoms with Gasteiger partial charge in [-0.15, -0.1) is 0 Å². The number of hydrogen-bond acceptors (Lipinski definition) is 3. The van der Waals surface area contributed by atoms with Crippen molar-refractivity contribution in [1.82, 2.24) is 20.4 Å². The Morgan fingerprint density at radius 2 is 2.06 bits per heavy atom. The van der Waals surface area contributed by atoms with Crippen LogP contribution in [0.15, 0.2) is 42.7 Å². The summed E-state index contributed by atoms with van der Waals surface area (Å²) in [6.45, 7) is 3.97. The number of nitrogens with zero attached hydrogens (tertiary/aromatic N) is 2. The van der Waals surface area contributed by atoms with Crippen molar-refractivity contribution in [2.75, 3.05) is 13.6 Å². The highest BCUT2D eigenvalue weighted by Gasteiger charge is 2.03. The molecule has 0 fully saturated rings. The van der Waals surface area contributed by atoms with Crippen LogP contribution in [0.1, 0.15) is 12.5 Å². The van der Waals surface area contributed by atoms with E-state index in [9.17, 15) is 0 Å². The van der Waals surface area contributed by atoms with Crippen LogP contribution in [0.2, 0.25) is 0 Å². The summed E-state index contributed by atoms with van der Waals surface area (Å²) in [5.74, 6) is 0. The molecule has 2 rings (SSSR count). The van der Waals surface area contributed by atoms with Gasteiger partial charge in [-0.3, -0.25) is 0 Å². The third-order valence-electron chi connectivity index (χ3n) is 2.82. The van der Waals surface area contributed by atoms with Crippen molar-refractivity contribution < 1.29 is 0 Å². The van der Waals surface area contributed by atoms with Gasteiger partial charge in [0.25, 0.3) is 0 Å². The van der Waals surface area contributed by atoms with Gasteiger partial charge in [-0.25, -0.2) is 4.68 Å². The van der Waals surface area contributed by atoms with Crippen LogP contribution in [0.3, 0.4) is 0 Å². The van der Waals surface area contributed by atoms with Gasteiger partial charge in [-0.05, 0) is 26.1 Å². The van der Waals surface area contributed by atoms with Crippen LogP contribution < -0.4 is 10.6 Å². The van der Waals surface area contributed by atoms with Gasteiger partial charge in [0, 0.05) is 30.9 Å². The van der Waals surface area contributed by atoms with Gasteiger partial charge in [0.1, 0.15) is 0 Å². The quantitative estimate of drug-likeness (QED) is 0.810. The first-order valence-electron chi connectivity index (χ1n) is 6.26. The molecule has 96 valence electrons. The Labute approximate surface area is 108 Å². The minimum Gasteiger partial charge on any atom is -0.318 e. The zero-order chi connectivity index (χ0) is 12.8. The van der Waals surface area contributed by atoms with Crippen molar-refractivity contribution in [3.8, 4) is 5.69 Å². The molecule has 0 spiro atoms. The van der Waals surface area contributed by atoms with Gasteiger partial charge < -0.3 is 10.6 Å². The van der Waals surface area contributed by atoms with Crippen molar-refractivity contribution in [1.29, 1.82) is 0 Å². The molecule has 18 heavy (non-hydrogen) atoms. The first-order chi connectivity index (χ1) is 8.79. The minimum atomic E-state index is 0.454. The molecule has 0 aliphatic heterocycles. The van der Waals surface area contributed by atoms with Gasteiger partial charge in [0.05, 0.1) is 11.9 Å². The average molecular weight is 244 g/mol. The Morgan fingerprint density at radius 1 is 1.28 bits per heavy atom. The van der Waals surface area contributed by atoms with E-state index in [1.165, 1.54) is 5.56 Å². The maximum atomic E-state index is 4.37. The predicted octanol–water partition coefficient (Wildman–Crippen LogP) is 1.57. The average Bonchev–Trinajstić information content (AvgIpc) is 2.87. The number of benzene rings is 1. The Balaban J connectivity index is 1.95. The molecule has 0 bridgehead atoms. The first-order valence-corrected chi connectivity index (χ1v) is 6.26. The molecule has 0 saturated carbocycles. The van der Waals surface area contributed by atoms with E-state index in [0.29, 0.717) is 6.04 Å². The first kappa shape index (κ1) is 12.8. The largest absolute Gasteiger partial charge is 0.318 e. The Hall–Kier alpha value is -1.65. The lowest BCUT2D eigenvalue weighted by Crippen LogP contribution is -2.34. The molecule has 1 unspecified atom stereocenters. The van der Waals surface area contributed by atoms with Crippen LogP contribution in [-0.2, 0) is 6.54 Å². The lowest BCUT2D eigenvalue weighted by atomic mass is 10.3. The maximum Gasteiger partial charge on any atom is 0.0645 e. The van der Waals surface area contributed by atoms with Crippen molar-refractivity contribution >= 4 is 0 Å². The molecule has 1 atom stereocenters. The molecule has 0 aliphatic rings. The number of likely N-dealkylation sites (N-methyl/N-ethyl adjacent to an activating group) is 1. The third-order valence-corrected chi connectivity index (χ3v) is 2.82. The lowest BCUT2D eigenvalue weighted by Gasteiger charge is -2.11. The molecule has 1 aromatic carbocycles. The Morgan fingerprint density at radius 3 is 2.78 bits per heavy atom. The third kappa shape index (κ3) is 3.42. The standard InChI is InChI=1S/C14H20N4/c1-12(8-15-2)16-9-13-10-17-18(11-13)14-6-4-3-5-7-14/h3-7,10-12,15-16H,8-9H2,1-2H3. The molecule has 1 aromatic heterocycles. The number of hydrogen-bond donors (Lipinski definition) is 2. The summed E-state index contributed by atoms with van der Waals surface area (Å²) in [6, 6.07) is 10.6. The van der Waals surface area contributed by atoms with Gasteiger partial charge in [0.2, 0.25) is 0 Å². The second kappa shape index (κ2) is 6.33. The summed E-state index contributed by atoms with van der Waals surface area (Å²) >= 11 is 0. The zero-order valence-electron chi connectivity index (χ0n) is 10.9. The fraction of sp³-hybridized carbons (Fsp3) is 0.357. The fourth-order valence-electron chi connectivity index (χ4n) is 1.84. The van der Waals surface area contributed by atoms with Crippen molar-refractivity contribution in [3.63, 3.8) is 0 Å². The van der Waals surface area contributed by atoms with E-state index < -0.39 is 0 Å². The topological polar surface area (TPSA) is 41.9 Å². The molecule has 4 nitrogen and oxygen atoms in total. The second-order valence-electron chi connectivity index (χ2n) is 4.47. The van der Waals surface area contributed by atoms with Crippen molar-refractivity contribution in [2.24, 2.45) is 0 Å². The highest BCUT2D eigenvalue weighted by Crippen LogP contribution is 2.07. The van der Waals surface area contributed by atoms with Crippen molar-refractivity contribution in [2.45, 2.75) is 19.5 Å². The van der Waals surface area contributed by atoms with Gasteiger partial charge in [-0.1, -0.05) is 18.2 Å². The number of aromatic nitrogens is 2. The highest BCUT2D eigenvalue weighted by atomic mass is 15.3. The smallest absolute Gasteiger partial charge is 0.0645 e. The predicted molar refractivity (Wildman–Crippen MR) is 73.8 cm³/mol. The minimum absolute atomic E-state index is 0.454. The number of rotatable bonds is 6. The van der Waals surface area contributed by atoms with E-state index in [-0.39, 0.29) is 0 Å². The summed E-state index contributed by atoms with van der Waals surface area (Å²) in [7, 11) is 1.96. The Kier molecular flexibility index (Phi) is 4.50.